The van der Waals surface area contributed by atoms with Gasteiger partial charge in [-0.05, 0) is 32.3 Å². The fraction of sp³-hybridized carbons (Fsp3) is 0.750. The Morgan fingerprint density at radius 3 is 3.06 bits per heavy atom. The number of halogens is 1. The topological polar surface area (TPSA) is 36.3 Å². The zero-order chi connectivity index (χ0) is 12.3. The minimum absolute atomic E-state index is 0.172. The summed E-state index contributed by atoms with van der Waals surface area (Å²) in [4.78, 5) is 0. The Balaban J connectivity index is 1.78. The van der Waals surface area contributed by atoms with Gasteiger partial charge in [-0.25, -0.2) is 0 Å². The molecule has 4 nitrogen and oxygen atoms in total. The molecule has 0 N–H and O–H groups in total. The maximum atomic E-state index is 5.74. The van der Waals surface area contributed by atoms with Gasteiger partial charge < -0.3 is 9.47 Å². The molecule has 1 fully saturated rings. The highest BCUT2D eigenvalue weighted by Gasteiger charge is 2.32. The molecule has 1 unspecified atom stereocenters. The first-order chi connectivity index (χ1) is 8.09. The van der Waals surface area contributed by atoms with Crippen molar-refractivity contribution in [2.24, 2.45) is 0 Å². The van der Waals surface area contributed by atoms with Crippen molar-refractivity contribution in [2.75, 3.05) is 12.5 Å². The van der Waals surface area contributed by atoms with E-state index in [9.17, 15) is 0 Å². The molecule has 0 aromatic carbocycles. The molecule has 2 heterocycles. The lowest BCUT2D eigenvalue weighted by molar-refractivity contribution is -0.139. The number of rotatable bonds is 5. The Labute approximate surface area is 107 Å². The van der Waals surface area contributed by atoms with Crippen molar-refractivity contribution < 1.29 is 9.47 Å². The Morgan fingerprint density at radius 2 is 2.41 bits per heavy atom. The second-order valence-corrected chi connectivity index (χ2v) is 5.17. The van der Waals surface area contributed by atoms with Gasteiger partial charge in [-0.2, -0.15) is 5.10 Å². The summed E-state index contributed by atoms with van der Waals surface area (Å²) in [6.45, 7) is 5.41. The van der Waals surface area contributed by atoms with E-state index in [2.05, 4.69) is 5.10 Å². The van der Waals surface area contributed by atoms with Crippen LogP contribution in [0.5, 0.6) is 0 Å². The van der Waals surface area contributed by atoms with Crippen LogP contribution >= 0.6 is 11.6 Å². The van der Waals surface area contributed by atoms with Crippen LogP contribution in [0, 0.1) is 0 Å². The van der Waals surface area contributed by atoms with Crippen molar-refractivity contribution in [2.45, 2.75) is 45.1 Å². The van der Waals surface area contributed by atoms with Crippen molar-refractivity contribution in [3.8, 4) is 0 Å². The second kappa shape index (κ2) is 5.38. The fourth-order valence-electron chi connectivity index (χ4n) is 1.95. The fourth-order valence-corrected chi connectivity index (χ4v) is 2.17. The molecule has 17 heavy (non-hydrogen) atoms. The third kappa shape index (κ3) is 3.69. The quantitative estimate of drug-likeness (QED) is 0.760. The van der Waals surface area contributed by atoms with Gasteiger partial charge in [-0.1, -0.05) is 0 Å². The number of aromatic nitrogens is 2. The second-order valence-electron chi connectivity index (χ2n) is 4.79. The Bertz CT molecular complexity index is 365. The maximum absolute atomic E-state index is 5.74. The van der Waals surface area contributed by atoms with Crippen molar-refractivity contribution in [3.63, 3.8) is 0 Å². The van der Waals surface area contributed by atoms with Crippen LogP contribution < -0.4 is 0 Å². The van der Waals surface area contributed by atoms with E-state index >= 15 is 0 Å². The molecule has 2 rings (SSSR count). The Kier molecular flexibility index (Phi) is 4.07. The van der Waals surface area contributed by atoms with Gasteiger partial charge in [0, 0.05) is 18.6 Å². The van der Waals surface area contributed by atoms with E-state index in [1.165, 1.54) is 5.56 Å². The van der Waals surface area contributed by atoms with Gasteiger partial charge in [0.05, 0.1) is 18.9 Å². The molecule has 1 aliphatic rings. The number of alkyl halides is 1. The molecule has 1 aliphatic heterocycles. The molecule has 0 radical (unpaired) electrons. The predicted molar refractivity (Wildman–Crippen MR) is 66.2 cm³/mol. The largest absolute Gasteiger partial charge is 0.348 e. The number of ether oxygens (including phenoxy) is 2. The number of aryl methyl sites for hydroxylation is 2. The molecule has 0 spiro atoms. The summed E-state index contributed by atoms with van der Waals surface area (Å²) in [7, 11) is 0. The van der Waals surface area contributed by atoms with E-state index in [1.807, 2.05) is 30.9 Å². The number of hydrogen-bond donors (Lipinski definition) is 0. The van der Waals surface area contributed by atoms with E-state index in [4.69, 9.17) is 21.1 Å². The van der Waals surface area contributed by atoms with Gasteiger partial charge in [0.1, 0.15) is 0 Å². The van der Waals surface area contributed by atoms with Crippen LogP contribution in [-0.2, 0) is 22.4 Å². The normalized spacial score (nSPS) is 23.1. The van der Waals surface area contributed by atoms with Crippen LogP contribution in [0.25, 0.3) is 0 Å². The standard InChI is InChI=1S/C12H19ClN2O2/c1-12(2)16-9-11(17-12)4-6-15-8-10(3-5-13)7-14-15/h7-8,11H,3-6,9H2,1-2H3. The van der Waals surface area contributed by atoms with Gasteiger partial charge in [0.2, 0.25) is 0 Å². The van der Waals surface area contributed by atoms with Crippen molar-refractivity contribution >= 4 is 11.6 Å². The molecular weight excluding hydrogens is 240 g/mol. The SMILES string of the molecule is CC1(C)OCC(CCn2cc(CCCl)cn2)O1. The summed E-state index contributed by atoms with van der Waals surface area (Å²) >= 11 is 5.68. The molecule has 96 valence electrons. The first-order valence-electron chi connectivity index (χ1n) is 5.98. The lowest BCUT2D eigenvalue weighted by atomic mass is 10.2. The van der Waals surface area contributed by atoms with Crippen molar-refractivity contribution in [1.82, 2.24) is 9.78 Å². The van der Waals surface area contributed by atoms with Crippen LogP contribution in [0.2, 0.25) is 0 Å². The summed E-state index contributed by atoms with van der Waals surface area (Å²) in [5.41, 5.74) is 1.18. The molecule has 1 atom stereocenters. The smallest absolute Gasteiger partial charge is 0.163 e. The van der Waals surface area contributed by atoms with E-state index in [0.717, 1.165) is 19.4 Å². The van der Waals surface area contributed by atoms with Crippen molar-refractivity contribution in [1.29, 1.82) is 0 Å². The minimum atomic E-state index is -0.432. The molecule has 0 saturated carbocycles. The molecule has 1 saturated heterocycles. The molecule has 5 heteroatoms. The van der Waals surface area contributed by atoms with Crippen LogP contribution in [0.4, 0.5) is 0 Å². The monoisotopic (exact) mass is 258 g/mol. The third-order valence-electron chi connectivity index (χ3n) is 2.82. The first kappa shape index (κ1) is 12.9. The lowest BCUT2D eigenvalue weighted by Crippen LogP contribution is -2.22. The van der Waals surface area contributed by atoms with Crippen molar-refractivity contribution in [3.05, 3.63) is 18.0 Å². The van der Waals surface area contributed by atoms with E-state index in [-0.39, 0.29) is 6.10 Å². The average Bonchev–Trinajstić information content (AvgIpc) is 2.83. The van der Waals surface area contributed by atoms with Gasteiger partial charge in [0.25, 0.3) is 0 Å². The zero-order valence-electron chi connectivity index (χ0n) is 10.4. The van der Waals surface area contributed by atoms with E-state index < -0.39 is 5.79 Å². The van der Waals surface area contributed by atoms with Crippen LogP contribution in [0.3, 0.4) is 0 Å². The average molecular weight is 259 g/mol. The predicted octanol–water partition coefficient (Wildman–Crippen LogP) is 2.21. The summed E-state index contributed by atoms with van der Waals surface area (Å²) in [6, 6.07) is 0. The minimum Gasteiger partial charge on any atom is -0.348 e. The van der Waals surface area contributed by atoms with Crippen LogP contribution in [-0.4, -0.2) is 34.2 Å². The molecule has 0 amide bonds. The summed E-state index contributed by atoms with van der Waals surface area (Å²) in [6.07, 6.45) is 5.88. The summed E-state index contributed by atoms with van der Waals surface area (Å²) in [5, 5.41) is 4.29. The highest BCUT2D eigenvalue weighted by Crippen LogP contribution is 2.24. The molecule has 0 bridgehead atoms. The first-order valence-corrected chi connectivity index (χ1v) is 6.51. The molecule has 1 aromatic rings. The maximum Gasteiger partial charge on any atom is 0.163 e. The van der Waals surface area contributed by atoms with Gasteiger partial charge >= 0.3 is 0 Å². The Hall–Kier alpha value is -0.580. The molecular formula is C12H19ClN2O2. The summed E-state index contributed by atoms with van der Waals surface area (Å²) < 4.78 is 13.2. The molecule has 1 aromatic heterocycles. The van der Waals surface area contributed by atoms with Gasteiger partial charge in [-0.3, -0.25) is 4.68 Å². The lowest BCUT2D eigenvalue weighted by Gasteiger charge is -2.16. The van der Waals surface area contributed by atoms with E-state index in [1.54, 1.807) is 0 Å². The summed E-state index contributed by atoms with van der Waals surface area (Å²) in [5.74, 6) is 0.206. The number of hydrogen-bond acceptors (Lipinski definition) is 3. The van der Waals surface area contributed by atoms with E-state index in [0.29, 0.717) is 12.5 Å². The zero-order valence-corrected chi connectivity index (χ0v) is 11.1. The third-order valence-corrected chi connectivity index (χ3v) is 3.01. The van der Waals surface area contributed by atoms with Crippen LogP contribution in [0.15, 0.2) is 12.4 Å². The van der Waals surface area contributed by atoms with Crippen LogP contribution in [0.1, 0.15) is 25.8 Å². The highest BCUT2D eigenvalue weighted by molar-refractivity contribution is 6.17. The number of nitrogens with zero attached hydrogens (tertiary/aromatic N) is 2. The van der Waals surface area contributed by atoms with Gasteiger partial charge in [0.15, 0.2) is 5.79 Å². The highest BCUT2D eigenvalue weighted by atomic mass is 35.5. The Morgan fingerprint density at radius 1 is 1.59 bits per heavy atom. The van der Waals surface area contributed by atoms with Gasteiger partial charge in [-0.15, -0.1) is 11.6 Å². The molecule has 0 aliphatic carbocycles.